The maximum Gasteiger partial charge on any atom is 0.126 e. The molecule has 2 heterocycles. The molecule has 0 radical (unpaired) electrons. The average Bonchev–Trinajstić information content (AvgIpc) is 3.05. The molecule has 2 rings (SSSR count). The third-order valence-corrected chi connectivity index (χ3v) is 4.82. The van der Waals surface area contributed by atoms with Crippen LogP contribution in [0.25, 0.3) is 0 Å². The molecule has 0 bridgehead atoms. The summed E-state index contributed by atoms with van der Waals surface area (Å²) >= 11 is 9.52. The molecule has 0 saturated heterocycles. The Morgan fingerprint density at radius 2 is 2.26 bits per heavy atom. The lowest BCUT2D eigenvalue weighted by Crippen LogP contribution is -2.22. The summed E-state index contributed by atoms with van der Waals surface area (Å²) in [6.45, 7) is 0.988. The average molecular weight is 316 g/mol. The highest BCUT2D eigenvalue weighted by atomic mass is 35.5. The highest BCUT2D eigenvalue weighted by molar-refractivity contribution is 7.98. The highest BCUT2D eigenvalue weighted by Crippen LogP contribution is 2.31. The minimum Gasteiger partial charge on any atom is -0.467 e. The summed E-state index contributed by atoms with van der Waals surface area (Å²) in [7, 11) is 0. The fourth-order valence-corrected chi connectivity index (χ4v) is 3.54. The molecule has 0 aromatic carbocycles. The van der Waals surface area contributed by atoms with Crippen molar-refractivity contribution in [2.45, 2.75) is 18.9 Å². The molecule has 2 nitrogen and oxygen atoms in total. The Hall–Kier alpha value is -0.420. The zero-order chi connectivity index (χ0) is 13.5. The van der Waals surface area contributed by atoms with Crippen LogP contribution in [0.3, 0.4) is 0 Å². The largest absolute Gasteiger partial charge is 0.467 e. The molecule has 19 heavy (non-hydrogen) atoms. The second-order valence-corrected chi connectivity index (χ2v) is 6.98. The molecule has 1 atom stereocenters. The Labute approximate surface area is 127 Å². The molecule has 0 aliphatic rings. The first-order valence-electron chi connectivity index (χ1n) is 6.32. The number of thiophene rings is 1. The normalized spacial score (nSPS) is 12.7. The lowest BCUT2D eigenvalue weighted by atomic mass is 10.2. The van der Waals surface area contributed by atoms with Crippen molar-refractivity contribution in [1.29, 1.82) is 0 Å². The van der Waals surface area contributed by atoms with E-state index >= 15 is 0 Å². The zero-order valence-corrected chi connectivity index (χ0v) is 13.3. The van der Waals surface area contributed by atoms with E-state index in [0.717, 1.165) is 16.6 Å². The molecule has 5 heteroatoms. The van der Waals surface area contributed by atoms with Gasteiger partial charge in [0.1, 0.15) is 11.8 Å². The van der Waals surface area contributed by atoms with Crippen LogP contribution in [0, 0.1) is 0 Å². The molecule has 0 amide bonds. The Morgan fingerprint density at radius 3 is 2.89 bits per heavy atom. The summed E-state index contributed by atoms with van der Waals surface area (Å²) in [6, 6.07) is 8.05. The second kappa shape index (κ2) is 8.00. The van der Waals surface area contributed by atoms with E-state index < -0.39 is 0 Å². The molecule has 0 aliphatic carbocycles. The van der Waals surface area contributed by atoms with Crippen LogP contribution in [0.15, 0.2) is 34.9 Å². The summed E-state index contributed by atoms with van der Waals surface area (Å²) in [5, 5.41) is 3.56. The minimum atomic E-state index is 0.113. The number of hydrogen-bond acceptors (Lipinski definition) is 4. The van der Waals surface area contributed by atoms with Gasteiger partial charge >= 0.3 is 0 Å². The van der Waals surface area contributed by atoms with E-state index in [9.17, 15) is 0 Å². The summed E-state index contributed by atoms with van der Waals surface area (Å²) in [6.07, 6.45) is 6.28. The van der Waals surface area contributed by atoms with Crippen LogP contribution in [0.2, 0.25) is 4.34 Å². The molecule has 104 valence electrons. The van der Waals surface area contributed by atoms with Crippen molar-refractivity contribution < 1.29 is 4.42 Å². The van der Waals surface area contributed by atoms with Crippen molar-refractivity contribution in [2.75, 3.05) is 18.6 Å². The monoisotopic (exact) mass is 315 g/mol. The molecule has 1 unspecified atom stereocenters. The lowest BCUT2D eigenvalue weighted by Gasteiger charge is -2.15. The van der Waals surface area contributed by atoms with Crippen LogP contribution in [0.1, 0.15) is 29.5 Å². The molecule has 0 saturated carbocycles. The number of rotatable bonds is 8. The van der Waals surface area contributed by atoms with Crippen molar-refractivity contribution >= 4 is 34.7 Å². The number of unbranched alkanes of at least 4 members (excludes halogenated alkanes) is 1. The molecule has 0 fully saturated rings. The van der Waals surface area contributed by atoms with Gasteiger partial charge in [0.25, 0.3) is 0 Å². The van der Waals surface area contributed by atoms with Crippen LogP contribution in [-0.2, 0) is 0 Å². The summed E-state index contributed by atoms with van der Waals surface area (Å²) in [5.41, 5.74) is 0. The zero-order valence-electron chi connectivity index (χ0n) is 10.9. The second-order valence-electron chi connectivity index (χ2n) is 4.24. The molecule has 0 aliphatic heterocycles. The molecule has 2 aromatic rings. The van der Waals surface area contributed by atoms with Crippen LogP contribution in [0.5, 0.6) is 0 Å². The number of thioether (sulfide) groups is 1. The predicted molar refractivity (Wildman–Crippen MR) is 85.5 cm³/mol. The lowest BCUT2D eigenvalue weighted by molar-refractivity contribution is 0.447. The maximum absolute atomic E-state index is 6.03. The van der Waals surface area contributed by atoms with Gasteiger partial charge in [0.2, 0.25) is 0 Å². The summed E-state index contributed by atoms with van der Waals surface area (Å²) < 4.78 is 6.35. The van der Waals surface area contributed by atoms with Gasteiger partial charge in [-0.3, -0.25) is 0 Å². The number of hydrogen-bond donors (Lipinski definition) is 1. The summed E-state index contributed by atoms with van der Waals surface area (Å²) in [4.78, 5) is 1.20. The van der Waals surface area contributed by atoms with Gasteiger partial charge in [0.15, 0.2) is 0 Å². The first-order valence-corrected chi connectivity index (χ1v) is 8.91. The SMILES string of the molecule is CSCCCCNC(c1ccco1)c1ccc(Cl)s1. The van der Waals surface area contributed by atoms with Gasteiger partial charge in [-0.1, -0.05) is 11.6 Å². The van der Waals surface area contributed by atoms with Crippen molar-refractivity contribution in [3.05, 3.63) is 45.5 Å². The molecule has 0 spiro atoms. The molecule has 2 aromatic heterocycles. The Morgan fingerprint density at radius 1 is 1.37 bits per heavy atom. The van der Waals surface area contributed by atoms with E-state index in [1.165, 1.54) is 23.5 Å². The van der Waals surface area contributed by atoms with Gasteiger partial charge in [0, 0.05) is 4.88 Å². The van der Waals surface area contributed by atoms with Crippen molar-refractivity contribution in [1.82, 2.24) is 5.32 Å². The standard InChI is InChI=1S/C14H18ClNOS2/c1-18-10-3-2-8-16-14(11-5-4-9-17-11)12-6-7-13(15)19-12/h4-7,9,14,16H,2-3,8,10H2,1H3. The first-order chi connectivity index (χ1) is 9.31. The van der Waals surface area contributed by atoms with E-state index in [4.69, 9.17) is 16.0 Å². The van der Waals surface area contributed by atoms with Gasteiger partial charge in [-0.05, 0) is 55.7 Å². The van der Waals surface area contributed by atoms with E-state index in [0.29, 0.717) is 0 Å². The topological polar surface area (TPSA) is 25.2 Å². The predicted octanol–water partition coefficient (Wildman–Crippen LogP) is 4.82. The van der Waals surface area contributed by atoms with Crippen LogP contribution >= 0.6 is 34.7 Å². The van der Waals surface area contributed by atoms with E-state index in [1.54, 1.807) is 17.6 Å². The van der Waals surface area contributed by atoms with Crippen LogP contribution < -0.4 is 5.32 Å². The van der Waals surface area contributed by atoms with Gasteiger partial charge < -0.3 is 9.73 Å². The van der Waals surface area contributed by atoms with Gasteiger partial charge in [-0.15, -0.1) is 11.3 Å². The van der Waals surface area contributed by atoms with Gasteiger partial charge in [-0.25, -0.2) is 0 Å². The maximum atomic E-state index is 6.03. The fraction of sp³-hybridized carbons (Fsp3) is 0.429. The Balaban J connectivity index is 1.96. The van der Waals surface area contributed by atoms with Crippen molar-refractivity contribution in [3.8, 4) is 0 Å². The molecule has 1 N–H and O–H groups in total. The van der Waals surface area contributed by atoms with Crippen LogP contribution in [0.4, 0.5) is 0 Å². The quantitative estimate of drug-likeness (QED) is 0.707. The molecular formula is C14H18ClNOS2. The third kappa shape index (κ3) is 4.56. The van der Waals surface area contributed by atoms with E-state index in [-0.39, 0.29) is 6.04 Å². The third-order valence-electron chi connectivity index (χ3n) is 2.83. The smallest absolute Gasteiger partial charge is 0.126 e. The summed E-state index contributed by atoms with van der Waals surface area (Å²) in [5.74, 6) is 2.17. The van der Waals surface area contributed by atoms with Crippen molar-refractivity contribution in [3.63, 3.8) is 0 Å². The number of nitrogens with one attached hydrogen (secondary N) is 1. The number of halogens is 1. The van der Waals surface area contributed by atoms with E-state index in [2.05, 4.69) is 17.6 Å². The van der Waals surface area contributed by atoms with Crippen LogP contribution in [-0.4, -0.2) is 18.6 Å². The van der Waals surface area contributed by atoms with Gasteiger partial charge in [-0.2, -0.15) is 11.8 Å². The fourth-order valence-electron chi connectivity index (χ4n) is 1.90. The first kappa shape index (κ1) is 15.0. The van der Waals surface area contributed by atoms with E-state index in [1.807, 2.05) is 30.0 Å². The van der Waals surface area contributed by atoms with Gasteiger partial charge in [0.05, 0.1) is 10.6 Å². The van der Waals surface area contributed by atoms with Crippen molar-refractivity contribution in [2.24, 2.45) is 0 Å². The minimum absolute atomic E-state index is 0.113. The Bertz CT molecular complexity index is 470. The molecular weight excluding hydrogens is 298 g/mol. The highest BCUT2D eigenvalue weighted by Gasteiger charge is 2.17. The number of furan rings is 1. The Kier molecular flexibility index (Phi) is 6.31.